The van der Waals surface area contributed by atoms with E-state index in [0.717, 1.165) is 11.7 Å². The topological polar surface area (TPSA) is 57.5 Å². The molecule has 6 nitrogen and oxygen atoms in total. The van der Waals surface area contributed by atoms with Crippen LogP contribution in [-0.2, 0) is 0 Å². The monoisotopic (exact) mass is 338 g/mol. The van der Waals surface area contributed by atoms with Gasteiger partial charge in [-0.1, -0.05) is 12.8 Å². The van der Waals surface area contributed by atoms with E-state index in [2.05, 4.69) is 49.0 Å². The summed E-state index contributed by atoms with van der Waals surface area (Å²) in [6, 6.07) is 1.59. The fourth-order valence-corrected chi connectivity index (χ4v) is 4.62. The molecule has 1 aromatic rings. The van der Waals surface area contributed by atoms with Crippen LogP contribution in [0.25, 0.3) is 5.57 Å². The molecule has 0 radical (unpaired) electrons. The van der Waals surface area contributed by atoms with Gasteiger partial charge in [-0.2, -0.15) is 10.2 Å². The largest absolute Gasteiger partial charge is 0.377 e. The standard InChI is InChI=1S/C19H26N6/c1-2-4-16(3-1)24-7-5-17(6-8-24)25-13-15(11-22-25)14-9-18-19(20-10-14)12-21-23-18/h9-13,16-17,19-20,23H,1-8H2. The smallest absolute Gasteiger partial charge is 0.105 e. The number of fused-ring (bicyclic) bond motifs is 1. The second kappa shape index (κ2) is 6.33. The maximum Gasteiger partial charge on any atom is 0.105 e. The molecule has 3 aliphatic heterocycles. The van der Waals surface area contributed by atoms with Gasteiger partial charge in [-0.05, 0) is 31.8 Å². The Hall–Kier alpha value is -2.08. The van der Waals surface area contributed by atoms with Crippen LogP contribution in [0.4, 0.5) is 0 Å². The zero-order chi connectivity index (χ0) is 16.6. The summed E-state index contributed by atoms with van der Waals surface area (Å²) < 4.78 is 2.19. The lowest BCUT2D eigenvalue weighted by atomic mass is 10.0. The molecule has 1 saturated heterocycles. The average molecular weight is 338 g/mol. The third kappa shape index (κ3) is 2.88. The summed E-state index contributed by atoms with van der Waals surface area (Å²) in [5, 5.41) is 12.2. The maximum absolute atomic E-state index is 4.67. The van der Waals surface area contributed by atoms with Gasteiger partial charge in [-0.25, -0.2) is 0 Å². The highest BCUT2D eigenvalue weighted by molar-refractivity contribution is 5.81. The first-order chi connectivity index (χ1) is 12.4. The number of hydrogen-bond donors (Lipinski definition) is 2. The van der Waals surface area contributed by atoms with Crippen LogP contribution in [0.3, 0.4) is 0 Å². The first-order valence-corrected chi connectivity index (χ1v) is 9.62. The minimum atomic E-state index is 0.193. The van der Waals surface area contributed by atoms with Gasteiger partial charge in [0, 0.05) is 42.7 Å². The van der Waals surface area contributed by atoms with Crippen molar-refractivity contribution in [3.05, 3.63) is 35.9 Å². The highest BCUT2D eigenvalue weighted by atomic mass is 15.3. The van der Waals surface area contributed by atoms with Crippen LogP contribution in [0, 0.1) is 0 Å². The highest BCUT2D eigenvalue weighted by Crippen LogP contribution is 2.30. The van der Waals surface area contributed by atoms with Gasteiger partial charge in [0.15, 0.2) is 0 Å². The van der Waals surface area contributed by atoms with E-state index >= 15 is 0 Å². The summed E-state index contributed by atoms with van der Waals surface area (Å²) in [6.07, 6.45) is 18.4. The molecule has 25 heavy (non-hydrogen) atoms. The Morgan fingerprint density at radius 2 is 1.88 bits per heavy atom. The predicted octanol–water partition coefficient (Wildman–Crippen LogP) is 2.25. The SMILES string of the molecule is C1=NNC2=CC(c3cnn(C4CCN(C5CCCC5)CC4)c3)=CNC12. The quantitative estimate of drug-likeness (QED) is 0.887. The van der Waals surface area contributed by atoms with Gasteiger partial charge in [0.1, 0.15) is 6.04 Å². The van der Waals surface area contributed by atoms with Crippen molar-refractivity contribution >= 4 is 11.8 Å². The lowest BCUT2D eigenvalue weighted by molar-refractivity contribution is 0.132. The molecule has 1 aliphatic carbocycles. The summed E-state index contributed by atoms with van der Waals surface area (Å²) >= 11 is 0. The molecule has 5 rings (SSSR count). The Labute approximate surface area is 148 Å². The molecule has 0 amide bonds. The van der Waals surface area contributed by atoms with Gasteiger partial charge >= 0.3 is 0 Å². The van der Waals surface area contributed by atoms with Crippen LogP contribution in [0.2, 0.25) is 0 Å². The van der Waals surface area contributed by atoms with Gasteiger partial charge < -0.3 is 10.2 Å². The molecule has 4 heterocycles. The van der Waals surface area contributed by atoms with Gasteiger partial charge in [-0.3, -0.25) is 10.1 Å². The number of dihydropyridines is 1. The van der Waals surface area contributed by atoms with E-state index in [-0.39, 0.29) is 6.04 Å². The third-order valence-corrected chi connectivity index (χ3v) is 6.13. The van der Waals surface area contributed by atoms with E-state index in [9.17, 15) is 0 Å². The van der Waals surface area contributed by atoms with E-state index in [1.54, 1.807) is 0 Å². The zero-order valence-corrected chi connectivity index (χ0v) is 14.6. The second-order valence-electron chi connectivity index (χ2n) is 7.65. The van der Waals surface area contributed by atoms with Crippen molar-refractivity contribution in [2.45, 2.75) is 56.7 Å². The van der Waals surface area contributed by atoms with Crippen molar-refractivity contribution in [1.29, 1.82) is 0 Å². The molecule has 1 aromatic heterocycles. The molecule has 0 bridgehead atoms. The first kappa shape index (κ1) is 15.2. The number of aromatic nitrogens is 2. The van der Waals surface area contributed by atoms with E-state index in [4.69, 9.17) is 0 Å². The molecular weight excluding hydrogens is 312 g/mol. The molecule has 0 spiro atoms. The molecule has 2 N–H and O–H groups in total. The van der Waals surface area contributed by atoms with Crippen molar-refractivity contribution < 1.29 is 0 Å². The van der Waals surface area contributed by atoms with Crippen LogP contribution in [0.15, 0.2) is 35.5 Å². The van der Waals surface area contributed by atoms with Crippen LogP contribution in [0.1, 0.15) is 50.1 Å². The molecule has 4 aliphatic rings. The van der Waals surface area contributed by atoms with Gasteiger partial charge in [0.25, 0.3) is 0 Å². The molecule has 1 saturated carbocycles. The fraction of sp³-hybridized carbons (Fsp3) is 0.579. The lowest BCUT2D eigenvalue weighted by Gasteiger charge is -2.36. The van der Waals surface area contributed by atoms with Gasteiger partial charge in [0.05, 0.1) is 24.2 Å². The summed E-state index contributed by atoms with van der Waals surface area (Å²) in [7, 11) is 0. The van der Waals surface area contributed by atoms with Crippen LogP contribution >= 0.6 is 0 Å². The number of rotatable bonds is 3. The van der Waals surface area contributed by atoms with E-state index in [1.165, 1.54) is 62.8 Å². The molecule has 1 atom stereocenters. The zero-order valence-electron chi connectivity index (χ0n) is 14.6. The number of hydrogen-bond acceptors (Lipinski definition) is 5. The summed E-state index contributed by atoms with van der Waals surface area (Å²) in [5.74, 6) is 0. The molecular formula is C19H26N6. The summed E-state index contributed by atoms with van der Waals surface area (Å²) in [4.78, 5) is 2.72. The lowest BCUT2D eigenvalue weighted by Crippen LogP contribution is -2.40. The van der Waals surface area contributed by atoms with Crippen molar-refractivity contribution in [2.75, 3.05) is 13.1 Å². The molecule has 1 unspecified atom stereocenters. The Morgan fingerprint density at radius 3 is 2.72 bits per heavy atom. The van der Waals surface area contributed by atoms with Crippen molar-refractivity contribution in [3.63, 3.8) is 0 Å². The summed E-state index contributed by atoms with van der Waals surface area (Å²) in [5.41, 5.74) is 6.50. The highest BCUT2D eigenvalue weighted by Gasteiger charge is 2.28. The number of piperidine rings is 1. The van der Waals surface area contributed by atoms with Gasteiger partial charge in [0.2, 0.25) is 0 Å². The number of allylic oxidation sites excluding steroid dienone is 2. The van der Waals surface area contributed by atoms with Crippen LogP contribution in [0.5, 0.6) is 0 Å². The molecule has 2 fully saturated rings. The Balaban J connectivity index is 1.24. The molecule has 132 valence electrons. The number of nitrogens with one attached hydrogen (secondary N) is 2. The van der Waals surface area contributed by atoms with E-state index in [1.807, 2.05) is 12.4 Å². The van der Waals surface area contributed by atoms with Crippen molar-refractivity contribution in [1.82, 2.24) is 25.4 Å². The number of hydrazone groups is 1. The minimum absolute atomic E-state index is 0.193. The normalized spacial score (nSPS) is 27.6. The van der Waals surface area contributed by atoms with E-state index < -0.39 is 0 Å². The fourth-order valence-electron chi connectivity index (χ4n) is 4.62. The van der Waals surface area contributed by atoms with Gasteiger partial charge in [-0.15, -0.1) is 0 Å². The van der Waals surface area contributed by atoms with E-state index in [0.29, 0.717) is 6.04 Å². The molecule has 0 aromatic carbocycles. The summed E-state index contributed by atoms with van der Waals surface area (Å²) in [6.45, 7) is 2.45. The van der Waals surface area contributed by atoms with Crippen molar-refractivity contribution in [2.24, 2.45) is 5.10 Å². The maximum atomic E-state index is 4.67. The molecule has 6 heteroatoms. The van der Waals surface area contributed by atoms with Crippen LogP contribution in [-0.4, -0.2) is 46.1 Å². The van der Waals surface area contributed by atoms with Crippen LogP contribution < -0.4 is 10.7 Å². The average Bonchev–Trinajstić information content (AvgIpc) is 3.42. The number of nitrogens with zero attached hydrogens (tertiary/aromatic N) is 4. The Bertz CT molecular complexity index is 716. The number of likely N-dealkylation sites (tertiary alicyclic amines) is 1. The Morgan fingerprint density at radius 1 is 1.04 bits per heavy atom. The Kier molecular flexibility index (Phi) is 3.85. The first-order valence-electron chi connectivity index (χ1n) is 9.62. The predicted molar refractivity (Wildman–Crippen MR) is 98.9 cm³/mol. The van der Waals surface area contributed by atoms with Crippen molar-refractivity contribution in [3.8, 4) is 0 Å². The third-order valence-electron chi connectivity index (χ3n) is 6.13. The second-order valence-corrected chi connectivity index (χ2v) is 7.65. The minimum Gasteiger partial charge on any atom is -0.377 e.